The van der Waals surface area contributed by atoms with E-state index in [0.717, 1.165) is 0 Å². The van der Waals surface area contributed by atoms with Crippen LogP contribution in [0.3, 0.4) is 0 Å². The van der Waals surface area contributed by atoms with Gasteiger partial charge in [0.05, 0.1) is 11.6 Å². The zero-order valence-electron chi connectivity index (χ0n) is 13.9. The number of ether oxygens (including phenoxy) is 1. The van der Waals surface area contributed by atoms with Gasteiger partial charge in [0.25, 0.3) is 0 Å². The van der Waals surface area contributed by atoms with Gasteiger partial charge in [-0.15, -0.1) is 0 Å². The molecule has 1 aliphatic rings. The molecular formula is C17H19ClN2O7. The number of hydrogen-bond acceptors (Lipinski definition) is 8. The van der Waals surface area contributed by atoms with Gasteiger partial charge in [-0.1, -0.05) is 23.7 Å². The van der Waals surface area contributed by atoms with Crippen molar-refractivity contribution in [2.24, 2.45) is 0 Å². The smallest absolute Gasteiger partial charge is 0.301 e. The topological polar surface area (TPSA) is 144 Å². The summed E-state index contributed by atoms with van der Waals surface area (Å²) in [6, 6.07) is 10.0. The van der Waals surface area contributed by atoms with Crippen molar-refractivity contribution in [3.63, 3.8) is 0 Å². The van der Waals surface area contributed by atoms with E-state index in [9.17, 15) is 20.1 Å². The number of amides is 1. The number of carbonyl (C=O) groups excluding carboxylic acids is 1. The van der Waals surface area contributed by atoms with Gasteiger partial charge in [0.1, 0.15) is 30.2 Å². The number of rotatable bonds is 5. The molecule has 1 saturated heterocycles. The molecule has 146 valence electrons. The third-order valence-corrected chi connectivity index (χ3v) is 4.52. The summed E-state index contributed by atoms with van der Waals surface area (Å²) in [4.78, 5) is 12.2. The van der Waals surface area contributed by atoms with Gasteiger partial charge >= 0.3 is 5.91 Å². The number of benzene rings is 1. The number of nitrogens with one attached hydrogen (secondary N) is 2. The van der Waals surface area contributed by atoms with E-state index in [1.807, 2.05) is 0 Å². The van der Waals surface area contributed by atoms with Crippen LogP contribution in [-0.4, -0.2) is 63.6 Å². The van der Waals surface area contributed by atoms with E-state index < -0.39 is 43.2 Å². The molecule has 3 rings (SSSR count). The molecule has 9 nitrogen and oxygen atoms in total. The average molecular weight is 399 g/mol. The SMILES string of the molecule is O=C(NN[C@@H]1O[C@H](CO)[C@@H](O)[C@H](O)[C@H]1O)c1ccc(-c2ccccc2Cl)o1. The van der Waals surface area contributed by atoms with Gasteiger partial charge in [0.15, 0.2) is 12.0 Å². The number of aliphatic hydroxyl groups excluding tert-OH is 4. The Kier molecular flexibility index (Phi) is 6.12. The third-order valence-electron chi connectivity index (χ3n) is 4.19. The Labute approximate surface area is 159 Å². The molecule has 0 saturated carbocycles. The first-order valence-electron chi connectivity index (χ1n) is 8.13. The zero-order valence-corrected chi connectivity index (χ0v) is 14.7. The minimum Gasteiger partial charge on any atom is -0.451 e. The molecule has 2 aromatic rings. The normalized spacial score (nSPS) is 28.1. The summed E-state index contributed by atoms with van der Waals surface area (Å²) in [5, 5.41) is 39.0. The van der Waals surface area contributed by atoms with Crippen LogP contribution in [0.2, 0.25) is 5.02 Å². The third kappa shape index (κ3) is 4.14. The molecule has 0 aliphatic carbocycles. The second-order valence-electron chi connectivity index (χ2n) is 5.99. The van der Waals surface area contributed by atoms with E-state index in [-0.39, 0.29) is 5.76 Å². The van der Waals surface area contributed by atoms with E-state index in [4.69, 9.17) is 25.9 Å². The predicted octanol–water partition coefficient (Wildman–Crippen LogP) is -0.366. The van der Waals surface area contributed by atoms with Crippen molar-refractivity contribution in [1.29, 1.82) is 0 Å². The fraction of sp³-hybridized carbons (Fsp3) is 0.353. The van der Waals surface area contributed by atoms with Crippen LogP contribution in [0.4, 0.5) is 0 Å². The minimum atomic E-state index is -1.55. The van der Waals surface area contributed by atoms with Crippen LogP contribution in [0.15, 0.2) is 40.8 Å². The number of halogens is 1. The second kappa shape index (κ2) is 8.36. The number of furan rings is 1. The van der Waals surface area contributed by atoms with Crippen molar-refractivity contribution in [3.05, 3.63) is 47.2 Å². The van der Waals surface area contributed by atoms with Gasteiger partial charge in [-0.05, 0) is 24.3 Å². The fourth-order valence-electron chi connectivity index (χ4n) is 2.68. The van der Waals surface area contributed by atoms with E-state index in [2.05, 4.69) is 10.9 Å². The summed E-state index contributed by atoms with van der Waals surface area (Å²) in [5.41, 5.74) is 5.31. The number of carbonyl (C=O) groups is 1. The predicted molar refractivity (Wildman–Crippen MR) is 93.5 cm³/mol. The zero-order chi connectivity index (χ0) is 19.6. The molecule has 6 N–H and O–H groups in total. The number of aliphatic hydroxyl groups is 4. The summed E-state index contributed by atoms with van der Waals surface area (Å²) >= 11 is 6.10. The van der Waals surface area contributed by atoms with E-state index >= 15 is 0 Å². The Hall–Kier alpha value is -1.98. The first kappa shape index (κ1) is 19.8. The molecule has 5 atom stereocenters. The summed E-state index contributed by atoms with van der Waals surface area (Å²) in [7, 11) is 0. The van der Waals surface area contributed by atoms with E-state index in [1.54, 1.807) is 30.3 Å². The highest BCUT2D eigenvalue weighted by Gasteiger charge is 2.43. The lowest BCUT2D eigenvalue weighted by Crippen LogP contribution is -2.64. The molecule has 0 unspecified atom stereocenters. The van der Waals surface area contributed by atoms with Gasteiger partial charge in [-0.2, -0.15) is 0 Å². The first-order valence-corrected chi connectivity index (χ1v) is 8.51. The van der Waals surface area contributed by atoms with Gasteiger partial charge in [0.2, 0.25) is 0 Å². The highest BCUT2D eigenvalue weighted by Crippen LogP contribution is 2.29. The van der Waals surface area contributed by atoms with Crippen LogP contribution in [0.25, 0.3) is 11.3 Å². The minimum absolute atomic E-state index is 0.0259. The van der Waals surface area contributed by atoms with Crippen LogP contribution in [0.5, 0.6) is 0 Å². The molecule has 1 aromatic carbocycles. The van der Waals surface area contributed by atoms with E-state index in [1.165, 1.54) is 6.07 Å². The molecule has 2 heterocycles. The Morgan fingerprint density at radius 2 is 1.81 bits per heavy atom. The van der Waals surface area contributed by atoms with Gasteiger partial charge in [0, 0.05) is 5.56 Å². The highest BCUT2D eigenvalue weighted by molar-refractivity contribution is 6.33. The Balaban J connectivity index is 1.64. The molecule has 1 fully saturated rings. The van der Waals surface area contributed by atoms with Crippen molar-refractivity contribution < 1.29 is 34.4 Å². The second-order valence-corrected chi connectivity index (χ2v) is 6.40. The molecule has 0 radical (unpaired) electrons. The lowest BCUT2D eigenvalue weighted by molar-refractivity contribution is -0.238. The van der Waals surface area contributed by atoms with Crippen molar-refractivity contribution in [2.75, 3.05) is 6.61 Å². The molecule has 27 heavy (non-hydrogen) atoms. The van der Waals surface area contributed by atoms with Crippen LogP contribution < -0.4 is 10.9 Å². The van der Waals surface area contributed by atoms with Crippen LogP contribution >= 0.6 is 11.6 Å². The Bertz CT molecular complexity index is 797. The van der Waals surface area contributed by atoms with Crippen LogP contribution in [0, 0.1) is 0 Å². The maximum Gasteiger partial charge on any atom is 0.301 e. The van der Waals surface area contributed by atoms with Crippen LogP contribution in [0.1, 0.15) is 10.6 Å². The Morgan fingerprint density at radius 3 is 2.52 bits per heavy atom. The summed E-state index contributed by atoms with van der Waals surface area (Å²) in [6.45, 7) is -0.573. The summed E-state index contributed by atoms with van der Waals surface area (Å²) in [6.07, 6.45) is -6.91. The lowest BCUT2D eigenvalue weighted by Gasteiger charge is -2.40. The summed E-state index contributed by atoms with van der Waals surface area (Å²) < 4.78 is 10.7. The fourth-order valence-corrected chi connectivity index (χ4v) is 2.91. The van der Waals surface area contributed by atoms with Gasteiger partial charge < -0.3 is 29.6 Å². The van der Waals surface area contributed by atoms with Gasteiger partial charge in [-0.25, -0.2) is 5.43 Å². The number of hydrazine groups is 1. The largest absolute Gasteiger partial charge is 0.451 e. The standard InChI is InChI=1S/C17H19ClN2O7/c18-9-4-2-1-3-8(9)10-5-6-11(26-10)16(25)19-20-17-15(24)14(23)13(22)12(7-21)27-17/h1-6,12-15,17,20-24H,7H2,(H,19,25)/t12-,13-,14+,15-,17-/m1/s1. The van der Waals surface area contributed by atoms with Crippen molar-refractivity contribution >= 4 is 17.5 Å². The van der Waals surface area contributed by atoms with Crippen molar-refractivity contribution in [1.82, 2.24) is 10.9 Å². The molecule has 0 spiro atoms. The van der Waals surface area contributed by atoms with E-state index in [0.29, 0.717) is 16.3 Å². The first-order chi connectivity index (χ1) is 12.9. The average Bonchev–Trinajstić information content (AvgIpc) is 3.16. The quantitative estimate of drug-likeness (QED) is 0.374. The van der Waals surface area contributed by atoms with Gasteiger partial charge in [-0.3, -0.25) is 10.2 Å². The molecular weight excluding hydrogens is 380 g/mol. The molecule has 0 bridgehead atoms. The molecule has 1 aromatic heterocycles. The number of hydrogen-bond donors (Lipinski definition) is 6. The lowest BCUT2D eigenvalue weighted by atomic mass is 9.99. The summed E-state index contributed by atoms with van der Waals surface area (Å²) in [5.74, 6) is -0.286. The monoisotopic (exact) mass is 398 g/mol. The van der Waals surface area contributed by atoms with Crippen molar-refractivity contribution in [2.45, 2.75) is 30.6 Å². The molecule has 1 aliphatic heterocycles. The molecule has 10 heteroatoms. The Morgan fingerprint density at radius 1 is 1.07 bits per heavy atom. The maximum absolute atomic E-state index is 12.2. The maximum atomic E-state index is 12.2. The van der Waals surface area contributed by atoms with Crippen LogP contribution in [-0.2, 0) is 4.74 Å². The highest BCUT2D eigenvalue weighted by atomic mass is 35.5. The van der Waals surface area contributed by atoms with Crippen molar-refractivity contribution in [3.8, 4) is 11.3 Å². The molecule has 1 amide bonds.